The molecule has 0 saturated carbocycles. The Hall–Kier alpha value is -3.99. The average molecular weight is 380 g/mol. The van der Waals surface area contributed by atoms with Gasteiger partial charge >= 0.3 is 0 Å². The van der Waals surface area contributed by atoms with Crippen LogP contribution >= 0.6 is 0 Å². The van der Waals surface area contributed by atoms with Gasteiger partial charge in [0, 0.05) is 29.1 Å². The van der Waals surface area contributed by atoms with E-state index >= 15 is 0 Å². The van der Waals surface area contributed by atoms with E-state index in [1.165, 1.54) is 0 Å². The minimum Gasteiger partial charge on any atom is -0.329 e. The number of carbonyl (C=O) groups is 1. The van der Waals surface area contributed by atoms with Gasteiger partial charge in [0.2, 0.25) is 0 Å². The lowest BCUT2D eigenvalue weighted by Gasteiger charge is -2.08. The normalized spacial score (nSPS) is 10.9. The number of rotatable bonds is 5. The van der Waals surface area contributed by atoms with Gasteiger partial charge in [-0.05, 0) is 37.3 Å². The fourth-order valence-corrected chi connectivity index (χ4v) is 3.13. The van der Waals surface area contributed by atoms with Crippen molar-refractivity contribution in [1.82, 2.24) is 20.1 Å². The first-order valence-electron chi connectivity index (χ1n) is 9.33. The first kappa shape index (κ1) is 18.4. The number of amides is 1. The molecular weight excluding hydrogens is 360 g/mol. The summed E-state index contributed by atoms with van der Waals surface area (Å²) in [4.78, 5) is 16.8. The van der Waals surface area contributed by atoms with Gasteiger partial charge in [0.1, 0.15) is 0 Å². The van der Waals surface area contributed by atoms with Crippen LogP contribution in [0.15, 0.2) is 91.3 Å². The Kier molecular flexibility index (Phi) is 5.29. The largest absolute Gasteiger partial charge is 0.329 e. The highest BCUT2D eigenvalue weighted by atomic mass is 16.1. The van der Waals surface area contributed by atoms with Gasteiger partial charge in [0.15, 0.2) is 5.82 Å². The van der Waals surface area contributed by atoms with Crippen LogP contribution in [0.4, 0.5) is 0 Å². The van der Waals surface area contributed by atoms with Gasteiger partial charge in [-0.2, -0.15) is 5.10 Å². The van der Waals surface area contributed by atoms with Crippen molar-refractivity contribution in [1.29, 1.82) is 0 Å². The number of aryl methyl sites for hydroxylation is 1. The minimum absolute atomic E-state index is 0.155. The number of hydrogen-bond acceptors (Lipinski definition) is 3. The first-order valence-corrected chi connectivity index (χ1v) is 9.33. The topological polar surface area (TPSA) is 59.8 Å². The lowest BCUT2D eigenvalue weighted by Crippen LogP contribution is -2.16. The maximum Gasteiger partial charge on any atom is 0.255 e. The summed E-state index contributed by atoms with van der Waals surface area (Å²) in [6.45, 7) is 1.95. The zero-order chi connectivity index (χ0) is 20.1. The highest BCUT2D eigenvalue weighted by molar-refractivity contribution is 5.95. The summed E-state index contributed by atoms with van der Waals surface area (Å²) in [5, 5.41) is 7.53. The van der Waals surface area contributed by atoms with E-state index in [1.54, 1.807) is 24.5 Å². The fraction of sp³-hybridized carbons (Fsp3) is 0.0417. The molecular formula is C24H20N4O. The van der Waals surface area contributed by atoms with Crippen LogP contribution in [0, 0.1) is 6.92 Å². The van der Waals surface area contributed by atoms with E-state index in [-0.39, 0.29) is 5.91 Å². The molecule has 2 heterocycles. The van der Waals surface area contributed by atoms with Crippen LogP contribution in [0.2, 0.25) is 0 Å². The molecule has 0 unspecified atom stereocenters. The molecule has 4 rings (SSSR count). The Bertz CT molecular complexity index is 1130. The molecule has 0 atom stereocenters. The molecule has 2 aromatic heterocycles. The Morgan fingerprint density at radius 1 is 0.931 bits per heavy atom. The molecule has 0 spiro atoms. The molecule has 0 aliphatic rings. The molecule has 142 valence electrons. The summed E-state index contributed by atoms with van der Waals surface area (Å²) in [5.41, 5.74) is 4.33. The Morgan fingerprint density at radius 2 is 1.62 bits per heavy atom. The molecule has 0 bridgehead atoms. The molecule has 4 aromatic rings. The van der Waals surface area contributed by atoms with E-state index < -0.39 is 0 Å². The zero-order valence-corrected chi connectivity index (χ0v) is 16.0. The molecule has 0 saturated heterocycles. The van der Waals surface area contributed by atoms with Gasteiger partial charge in [0.05, 0.1) is 11.4 Å². The van der Waals surface area contributed by atoms with Crippen molar-refractivity contribution in [2.45, 2.75) is 6.92 Å². The van der Waals surface area contributed by atoms with Gasteiger partial charge in [-0.3, -0.25) is 4.79 Å². The summed E-state index contributed by atoms with van der Waals surface area (Å²) in [6.07, 6.45) is 5.29. The van der Waals surface area contributed by atoms with Gasteiger partial charge in [-0.15, -0.1) is 0 Å². The quantitative estimate of drug-likeness (QED) is 0.548. The second kappa shape index (κ2) is 8.35. The van der Waals surface area contributed by atoms with E-state index in [4.69, 9.17) is 5.10 Å². The van der Waals surface area contributed by atoms with Crippen molar-refractivity contribution in [2.75, 3.05) is 0 Å². The maximum absolute atomic E-state index is 12.3. The predicted molar refractivity (Wildman–Crippen MR) is 114 cm³/mol. The molecule has 0 aliphatic heterocycles. The minimum atomic E-state index is -0.155. The van der Waals surface area contributed by atoms with E-state index in [1.807, 2.05) is 84.4 Å². The van der Waals surface area contributed by atoms with E-state index in [9.17, 15) is 4.79 Å². The molecule has 1 amide bonds. The number of pyridine rings is 1. The molecule has 29 heavy (non-hydrogen) atoms. The summed E-state index contributed by atoms with van der Waals surface area (Å²) in [6, 6.07) is 24.9. The van der Waals surface area contributed by atoms with Crippen molar-refractivity contribution in [3.05, 3.63) is 108 Å². The van der Waals surface area contributed by atoms with Crippen LogP contribution in [0.25, 0.3) is 23.2 Å². The number of hydrogen-bond donors (Lipinski definition) is 1. The van der Waals surface area contributed by atoms with Crippen LogP contribution in [-0.2, 0) is 0 Å². The predicted octanol–water partition coefficient (Wildman–Crippen LogP) is 4.64. The van der Waals surface area contributed by atoms with Gasteiger partial charge < -0.3 is 5.32 Å². The van der Waals surface area contributed by atoms with Crippen LogP contribution in [0.5, 0.6) is 0 Å². The number of nitrogens with one attached hydrogen (secondary N) is 1. The van der Waals surface area contributed by atoms with Crippen molar-refractivity contribution in [3.8, 4) is 17.1 Å². The number of nitrogens with zero attached hydrogens (tertiary/aromatic N) is 3. The highest BCUT2D eigenvalue weighted by Crippen LogP contribution is 2.29. The summed E-state index contributed by atoms with van der Waals surface area (Å²) < 4.78 is 1.84. The van der Waals surface area contributed by atoms with Crippen LogP contribution in [0.1, 0.15) is 21.6 Å². The lowest BCUT2D eigenvalue weighted by molar-refractivity contribution is 0.0970. The Morgan fingerprint density at radius 3 is 2.31 bits per heavy atom. The lowest BCUT2D eigenvalue weighted by atomic mass is 10.1. The molecule has 0 aliphatic carbocycles. The summed E-state index contributed by atoms with van der Waals surface area (Å²) in [5.74, 6) is 0.584. The third-order valence-electron chi connectivity index (χ3n) is 4.52. The van der Waals surface area contributed by atoms with Crippen LogP contribution in [-0.4, -0.2) is 20.7 Å². The zero-order valence-electron chi connectivity index (χ0n) is 16.0. The van der Waals surface area contributed by atoms with Gasteiger partial charge in [-0.25, -0.2) is 9.67 Å². The van der Waals surface area contributed by atoms with E-state index in [0.29, 0.717) is 5.56 Å². The molecule has 5 heteroatoms. The SMILES string of the molecule is Cc1nn(-c2ccccn2)c(-c2ccccc2)c1/C=C/NC(=O)c1ccccc1. The smallest absolute Gasteiger partial charge is 0.255 e. The van der Waals surface area contributed by atoms with Gasteiger partial charge in [-0.1, -0.05) is 54.6 Å². The van der Waals surface area contributed by atoms with E-state index in [2.05, 4.69) is 10.3 Å². The van der Waals surface area contributed by atoms with E-state index in [0.717, 1.165) is 28.3 Å². The number of aromatic nitrogens is 3. The second-order valence-corrected chi connectivity index (χ2v) is 6.49. The second-order valence-electron chi connectivity index (χ2n) is 6.49. The van der Waals surface area contributed by atoms with Crippen molar-refractivity contribution >= 4 is 12.0 Å². The van der Waals surface area contributed by atoms with Crippen LogP contribution in [0.3, 0.4) is 0 Å². The number of benzene rings is 2. The number of carbonyl (C=O) groups excluding carboxylic acids is 1. The van der Waals surface area contributed by atoms with Crippen molar-refractivity contribution in [3.63, 3.8) is 0 Å². The highest BCUT2D eigenvalue weighted by Gasteiger charge is 2.17. The Labute approximate surface area is 169 Å². The van der Waals surface area contributed by atoms with Crippen molar-refractivity contribution < 1.29 is 4.79 Å². The monoisotopic (exact) mass is 380 g/mol. The third-order valence-corrected chi connectivity index (χ3v) is 4.52. The maximum atomic E-state index is 12.3. The fourth-order valence-electron chi connectivity index (χ4n) is 3.13. The average Bonchev–Trinajstić information content (AvgIpc) is 3.12. The van der Waals surface area contributed by atoms with Crippen LogP contribution < -0.4 is 5.32 Å². The summed E-state index contributed by atoms with van der Waals surface area (Å²) in [7, 11) is 0. The molecule has 0 radical (unpaired) electrons. The van der Waals surface area contributed by atoms with Gasteiger partial charge in [0.25, 0.3) is 5.91 Å². The van der Waals surface area contributed by atoms with Crippen molar-refractivity contribution in [2.24, 2.45) is 0 Å². The third kappa shape index (κ3) is 3.99. The molecule has 0 fully saturated rings. The molecule has 1 N–H and O–H groups in total. The standard InChI is InChI=1S/C24H20N4O/c1-18-21(15-17-26-24(29)20-12-6-3-7-13-20)23(19-10-4-2-5-11-19)28(27-18)22-14-8-9-16-25-22/h2-17H,1H3,(H,26,29)/b17-15+. The first-order chi connectivity index (χ1) is 14.2. The molecule has 5 nitrogen and oxygen atoms in total. The summed E-state index contributed by atoms with van der Waals surface area (Å²) >= 11 is 0. The molecule has 2 aromatic carbocycles. The Balaban J connectivity index is 1.71.